The maximum atomic E-state index is 9.42. The van der Waals surface area contributed by atoms with Crippen molar-refractivity contribution < 1.29 is 20.1 Å². The molecule has 0 bridgehead atoms. The topological polar surface area (TPSA) is 95.9 Å². The summed E-state index contributed by atoms with van der Waals surface area (Å²) < 4.78 is 5.05. The third kappa shape index (κ3) is 1.19. The average Bonchev–Trinajstić information content (AvgIpc) is 2.08. The van der Waals surface area contributed by atoms with Crippen LogP contribution in [0.3, 0.4) is 0 Å². The maximum Gasteiger partial charge on any atom is 0.228 e. The van der Waals surface area contributed by atoms with Crippen LogP contribution < -0.4 is 5.73 Å². The van der Waals surface area contributed by atoms with Gasteiger partial charge in [-0.1, -0.05) is 0 Å². The number of hydrogen-bond acceptors (Lipinski definition) is 5. The number of ether oxygens (including phenoxy) is 1. The van der Waals surface area contributed by atoms with Crippen LogP contribution >= 0.6 is 0 Å². The van der Waals surface area contributed by atoms with Crippen molar-refractivity contribution in [3.63, 3.8) is 0 Å². The van der Waals surface area contributed by atoms with Gasteiger partial charge in [0.25, 0.3) is 0 Å². The Bertz CT molecular complexity index is 403. The van der Waals surface area contributed by atoms with Gasteiger partial charge in [-0.2, -0.15) is 0 Å². The Labute approximate surface area is 79.7 Å². The van der Waals surface area contributed by atoms with Gasteiger partial charge in [0.05, 0.1) is 0 Å². The second-order valence-corrected chi connectivity index (χ2v) is 3.01. The van der Waals surface area contributed by atoms with Gasteiger partial charge < -0.3 is 25.8 Å². The van der Waals surface area contributed by atoms with Gasteiger partial charge in [0.15, 0.2) is 11.9 Å². The average molecular weight is 195 g/mol. The second kappa shape index (κ2) is 2.73. The summed E-state index contributed by atoms with van der Waals surface area (Å²) in [7, 11) is 0. The summed E-state index contributed by atoms with van der Waals surface area (Å²) in [6, 6.07) is 0. The van der Waals surface area contributed by atoms with Crippen molar-refractivity contribution in [3.05, 3.63) is 47.0 Å². The van der Waals surface area contributed by atoms with Crippen LogP contribution in [0.1, 0.15) is 0 Å². The van der Waals surface area contributed by atoms with E-state index in [2.05, 4.69) is 0 Å². The Kier molecular flexibility index (Phi) is 1.67. The molecule has 5 N–H and O–H groups in total. The second-order valence-electron chi connectivity index (χ2n) is 3.01. The third-order valence-corrected chi connectivity index (χ3v) is 2.01. The van der Waals surface area contributed by atoms with Crippen LogP contribution in [0.4, 0.5) is 0 Å². The molecule has 0 aromatic rings. The van der Waals surface area contributed by atoms with Gasteiger partial charge in [-0.05, 0) is 6.08 Å². The van der Waals surface area contributed by atoms with Crippen LogP contribution in [-0.2, 0) is 4.74 Å². The van der Waals surface area contributed by atoms with Gasteiger partial charge in [-0.15, -0.1) is 0 Å². The molecule has 0 aromatic carbocycles. The molecule has 5 nitrogen and oxygen atoms in total. The smallest absolute Gasteiger partial charge is 0.228 e. The SMILES string of the molecule is NC1=C(O)C=C2C(O)=CC(O)=CC2O1. The fraction of sp³-hybridized carbons (Fsp3) is 0.111. The van der Waals surface area contributed by atoms with E-state index in [9.17, 15) is 10.2 Å². The summed E-state index contributed by atoms with van der Waals surface area (Å²) in [5.41, 5.74) is 5.70. The zero-order valence-corrected chi connectivity index (χ0v) is 7.14. The molecule has 0 fully saturated rings. The van der Waals surface area contributed by atoms with Crippen LogP contribution in [0.25, 0.3) is 0 Å². The van der Waals surface area contributed by atoms with E-state index in [0.717, 1.165) is 0 Å². The molecule has 0 amide bonds. The van der Waals surface area contributed by atoms with Crippen molar-refractivity contribution in [1.29, 1.82) is 0 Å². The number of hydrogen-bond donors (Lipinski definition) is 4. The molecule has 1 heterocycles. The lowest BCUT2D eigenvalue weighted by molar-refractivity contribution is 0.146. The summed E-state index contributed by atoms with van der Waals surface area (Å²) in [5.74, 6) is -0.601. The summed E-state index contributed by atoms with van der Waals surface area (Å²) in [5, 5.41) is 27.8. The molecule has 0 saturated heterocycles. The quantitative estimate of drug-likeness (QED) is 0.460. The number of allylic oxidation sites excluding steroid dienone is 2. The molecular weight excluding hydrogens is 186 g/mol. The van der Waals surface area contributed by atoms with Crippen LogP contribution in [0.5, 0.6) is 0 Å². The van der Waals surface area contributed by atoms with Crippen LogP contribution in [0.15, 0.2) is 47.0 Å². The normalized spacial score (nSPS) is 25.7. The zero-order chi connectivity index (χ0) is 10.3. The summed E-state index contributed by atoms with van der Waals surface area (Å²) in [6.45, 7) is 0. The molecular formula is C9H9NO4. The van der Waals surface area contributed by atoms with Crippen molar-refractivity contribution >= 4 is 0 Å². The van der Waals surface area contributed by atoms with E-state index in [4.69, 9.17) is 15.6 Å². The molecule has 1 unspecified atom stereocenters. The molecule has 74 valence electrons. The highest BCUT2D eigenvalue weighted by molar-refractivity contribution is 5.46. The molecule has 1 atom stereocenters. The van der Waals surface area contributed by atoms with Crippen molar-refractivity contribution in [3.8, 4) is 0 Å². The highest BCUT2D eigenvalue weighted by Crippen LogP contribution is 2.29. The van der Waals surface area contributed by atoms with E-state index >= 15 is 0 Å². The lowest BCUT2D eigenvalue weighted by atomic mass is 9.99. The van der Waals surface area contributed by atoms with Crippen molar-refractivity contribution in [1.82, 2.24) is 0 Å². The number of rotatable bonds is 0. The lowest BCUT2D eigenvalue weighted by Crippen LogP contribution is -2.25. The molecule has 0 radical (unpaired) electrons. The molecule has 5 heteroatoms. The van der Waals surface area contributed by atoms with Gasteiger partial charge in [0, 0.05) is 17.7 Å². The fourth-order valence-electron chi connectivity index (χ4n) is 1.33. The Balaban J connectivity index is 2.45. The summed E-state index contributed by atoms with van der Waals surface area (Å²) >= 11 is 0. The van der Waals surface area contributed by atoms with Gasteiger partial charge in [0.2, 0.25) is 5.88 Å². The number of aliphatic hydroxyl groups excluding tert-OH is 3. The van der Waals surface area contributed by atoms with Crippen molar-refractivity contribution in [2.75, 3.05) is 0 Å². The Hall–Kier alpha value is -2.04. The number of fused-ring (bicyclic) bond motifs is 1. The van der Waals surface area contributed by atoms with Gasteiger partial charge >= 0.3 is 0 Å². The van der Waals surface area contributed by atoms with E-state index < -0.39 is 6.10 Å². The van der Waals surface area contributed by atoms with E-state index in [1.165, 1.54) is 18.2 Å². The minimum Gasteiger partial charge on any atom is -0.508 e. The highest BCUT2D eigenvalue weighted by atomic mass is 16.5. The molecule has 1 aliphatic carbocycles. The first-order valence-corrected chi connectivity index (χ1v) is 3.96. The summed E-state index contributed by atoms with van der Waals surface area (Å²) in [6.07, 6.45) is 3.21. The van der Waals surface area contributed by atoms with Crippen LogP contribution in [0, 0.1) is 0 Å². The van der Waals surface area contributed by atoms with E-state index in [1.54, 1.807) is 0 Å². The fourth-order valence-corrected chi connectivity index (χ4v) is 1.33. The van der Waals surface area contributed by atoms with Crippen LogP contribution in [-0.4, -0.2) is 21.4 Å². The molecule has 1 aliphatic heterocycles. The monoisotopic (exact) mass is 195 g/mol. The van der Waals surface area contributed by atoms with Crippen molar-refractivity contribution in [2.45, 2.75) is 6.10 Å². The molecule has 2 aliphatic rings. The maximum absolute atomic E-state index is 9.42. The van der Waals surface area contributed by atoms with E-state index in [-0.39, 0.29) is 23.2 Å². The van der Waals surface area contributed by atoms with Gasteiger partial charge in [0.1, 0.15) is 11.5 Å². The standard InChI is InChI=1S/C9H9NO4/c10-9-7(13)3-5-6(12)1-4(11)2-8(5)14-9/h1-3,8,11-13H,10H2. The first-order valence-electron chi connectivity index (χ1n) is 3.96. The van der Waals surface area contributed by atoms with Crippen LogP contribution in [0.2, 0.25) is 0 Å². The van der Waals surface area contributed by atoms with Gasteiger partial charge in [-0.25, -0.2) is 0 Å². The Morgan fingerprint density at radius 1 is 1.21 bits per heavy atom. The van der Waals surface area contributed by atoms with Gasteiger partial charge in [-0.3, -0.25) is 0 Å². The summed E-state index contributed by atoms with van der Waals surface area (Å²) in [4.78, 5) is 0. The Morgan fingerprint density at radius 3 is 2.64 bits per heavy atom. The predicted molar refractivity (Wildman–Crippen MR) is 48.2 cm³/mol. The van der Waals surface area contributed by atoms with Crippen molar-refractivity contribution in [2.24, 2.45) is 5.73 Å². The Morgan fingerprint density at radius 2 is 1.93 bits per heavy atom. The molecule has 0 spiro atoms. The van der Waals surface area contributed by atoms with E-state index in [0.29, 0.717) is 5.57 Å². The largest absolute Gasteiger partial charge is 0.508 e. The third-order valence-electron chi connectivity index (χ3n) is 2.01. The predicted octanol–water partition coefficient (Wildman–Crippen LogP) is 0.895. The zero-order valence-electron chi connectivity index (χ0n) is 7.14. The first kappa shape index (κ1) is 8.55. The number of nitrogens with two attached hydrogens (primary N) is 1. The van der Waals surface area contributed by atoms with E-state index in [1.807, 2.05) is 0 Å². The lowest BCUT2D eigenvalue weighted by Gasteiger charge is -2.25. The minimum absolute atomic E-state index is 0.0983. The first-order chi connectivity index (χ1) is 6.58. The highest BCUT2D eigenvalue weighted by Gasteiger charge is 2.27. The molecule has 2 rings (SSSR count). The minimum atomic E-state index is -0.643. The molecule has 0 saturated carbocycles. The molecule has 0 aromatic heterocycles. The molecule has 14 heavy (non-hydrogen) atoms. The number of aliphatic hydroxyl groups is 3.